The van der Waals surface area contributed by atoms with Crippen LogP contribution in [-0.4, -0.2) is 50.8 Å². The number of carbonyl (C=O) groups is 2. The molecule has 1 aliphatic carbocycles. The number of nitrogens with one attached hydrogen (secondary N) is 3. The number of sulfonamides is 1. The van der Waals surface area contributed by atoms with Gasteiger partial charge in [0, 0.05) is 32.6 Å². The van der Waals surface area contributed by atoms with Gasteiger partial charge in [0.2, 0.25) is 15.9 Å². The zero-order valence-corrected chi connectivity index (χ0v) is 18.0. The van der Waals surface area contributed by atoms with Crippen LogP contribution >= 0.6 is 0 Å². The monoisotopic (exact) mass is 432 g/mol. The van der Waals surface area contributed by atoms with Gasteiger partial charge in [-0.15, -0.1) is 0 Å². The van der Waals surface area contributed by atoms with Crippen LogP contribution in [-0.2, 0) is 21.4 Å². The van der Waals surface area contributed by atoms with Crippen molar-refractivity contribution in [2.75, 3.05) is 20.1 Å². The summed E-state index contributed by atoms with van der Waals surface area (Å²) < 4.78 is 26.2. The Labute approximate surface area is 177 Å². The Morgan fingerprint density at radius 1 is 1.10 bits per heavy atom. The molecule has 30 heavy (non-hydrogen) atoms. The van der Waals surface area contributed by atoms with Crippen LogP contribution in [0.2, 0.25) is 0 Å². The minimum absolute atomic E-state index is 0.212. The summed E-state index contributed by atoms with van der Waals surface area (Å²) in [5.74, 6) is -0.444. The summed E-state index contributed by atoms with van der Waals surface area (Å²) in [6.45, 7) is 2.03. The van der Waals surface area contributed by atoms with Gasteiger partial charge in [0.1, 0.15) is 0 Å². The fraction of sp³-hybridized carbons (Fsp3) is 0.333. The predicted octanol–water partition coefficient (Wildman–Crippen LogP) is 1.65. The molecule has 162 valence electrons. The van der Waals surface area contributed by atoms with E-state index in [4.69, 9.17) is 0 Å². The zero-order chi connectivity index (χ0) is 22.0. The molecule has 0 saturated carbocycles. The van der Waals surface area contributed by atoms with E-state index in [0.29, 0.717) is 6.54 Å². The van der Waals surface area contributed by atoms with E-state index in [0.717, 1.165) is 9.87 Å². The second-order valence-electron chi connectivity index (χ2n) is 6.93. The molecule has 0 bridgehead atoms. The van der Waals surface area contributed by atoms with Gasteiger partial charge in [0.05, 0.1) is 11.4 Å². The van der Waals surface area contributed by atoms with Gasteiger partial charge in [-0.2, -0.15) is 4.31 Å². The maximum Gasteiger partial charge on any atom is 0.315 e. The van der Waals surface area contributed by atoms with Gasteiger partial charge < -0.3 is 16.0 Å². The van der Waals surface area contributed by atoms with E-state index in [1.54, 1.807) is 31.2 Å². The minimum atomic E-state index is -3.72. The highest BCUT2D eigenvalue weighted by Gasteiger charge is 2.25. The molecule has 0 spiro atoms. The molecule has 8 nitrogen and oxygen atoms in total. The van der Waals surface area contributed by atoms with Gasteiger partial charge in [-0.25, -0.2) is 13.2 Å². The molecule has 0 aliphatic heterocycles. The van der Waals surface area contributed by atoms with Crippen LogP contribution in [0.3, 0.4) is 0 Å². The fourth-order valence-corrected chi connectivity index (χ4v) is 3.94. The van der Waals surface area contributed by atoms with Crippen LogP contribution in [0.1, 0.15) is 18.9 Å². The van der Waals surface area contributed by atoms with Crippen molar-refractivity contribution in [2.24, 2.45) is 0 Å². The molecule has 3 N–H and O–H groups in total. The van der Waals surface area contributed by atoms with Gasteiger partial charge in [-0.3, -0.25) is 4.79 Å². The molecule has 9 heteroatoms. The molecule has 0 saturated heterocycles. The summed E-state index contributed by atoms with van der Waals surface area (Å²) >= 11 is 0. The standard InChI is InChI=1S/C21H28N4O4S/c1-17(14-22-21(27)23-15-18-10-6-5-7-11-18)24-20(26)16-25(2)30(28,29)19-12-8-3-4-9-13-19/h3-12,17H,13-16H2,1-2H3,(H,24,26)(H2,22,23,27). The summed E-state index contributed by atoms with van der Waals surface area (Å²) in [5.41, 5.74) is 0.980. The van der Waals surface area contributed by atoms with Crippen molar-refractivity contribution < 1.29 is 18.0 Å². The van der Waals surface area contributed by atoms with Crippen LogP contribution in [0.5, 0.6) is 0 Å². The highest BCUT2D eigenvalue weighted by Crippen LogP contribution is 2.17. The topological polar surface area (TPSA) is 108 Å². The van der Waals surface area contributed by atoms with Crippen LogP contribution in [0.4, 0.5) is 4.79 Å². The van der Waals surface area contributed by atoms with Crippen LogP contribution in [0, 0.1) is 0 Å². The molecule has 0 radical (unpaired) electrons. The van der Waals surface area contributed by atoms with E-state index in [2.05, 4.69) is 16.0 Å². The van der Waals surface area contributed by atoms with Gasteiger partial charge in [0.25, 0.3) is 0 Å². The van der Waals surface area contributed by atoms with Gasteiger partial charge in [0.15, 0.2) is 0 Å². The maximum atomic E-state index is 12.6. The lowest BCUT2D eigenvalue weighted by Gasteiger charge is -2.20. The van der Waals surface area contributed by atoms with E-state index < -0.39 is 15.9 Å². The number of benzene rings is 1. The van der Waals surface area contributed by atoms with Gasteiger partial charge in [-0.05, 0) is 18.6 Å². The molecule has 1 atom stereocenters. The van der Waals surface area contributed by atoms with Crippen molar-refractivity contribution in [1.29, 1.82) is 0 Å². The lowest BCUT2D eigenvalue weighted by atomic mass is 10.2. The van der Waals surface area contributed by atoms with Gasteiger partial charge in [-0.1, -0.05) is 54.6 Å². The van der Waals surface area contributed by atoms with Crippen molar-refractivity contribution in [3.8, 4) is 0 Å². The van der Waals surface area contributed by atoms with Crippen molar-refractivity contribution in [3.63, 3.8) is 0 Å². The lowest BCUT2D eigenvalue weighted by molar-refractivity contribution is -0.121. The Bertz CT molecular complexity index is 924. The quantitative estimate of drug-likeness (QED) is 0.551. The van der Waals surface area contributed by atoms with Crippen LogP contribution < -0.4 is 16.0 Å². The average molecular weight is 433 g/mol. The number of hydrogen-bond acceptors (Lipinski definition) is 4. The first kappa shape index (κ1) is 23.4. The Hall–Kier alpha value is -2.91. The number of allylic oxidation sites excluding steroid dienone is 6. The average Bonchev–Trinajstić information content (AvgIpc) is 3.01. The summed E-state index contributed by atoms with van der Waals surface area (Å²) in [7, 11) is -2.36. The maximum absolute atomic E-state index is 12.6. The van der Waals surface area contributed by atoms with Gasteiger partial charge >= 0.3 is 6.03 Å². The first-order valence-electron chi connectivity index (χ1n) is 9.62. The molecular weight excluding hydrogens is 404 g/mol. The number of amides is 3. The van der Waals surface area contributed by atoms with Crippen molar-refractivity contribution in [3.05, 3.63) is 71.2 Å². The minimum Gasteiger partial charge on any atom is -0.351 e. The SMILES string of the molecule is CC(CNC(=O)NCc1ccccc1)NC(=O)CN(C)S(=O)(=O)C1=CC=CC=CC1. The molecule has 2 rings (SSSR count). The van der Waals surface area contributed by atoms with Crippen LogP contribution in [0.15, 0.2) is 65.6 Å². The molecule has 0 fully saturated rings. The van der Waals surface area contributed by atoms with Crippen molar-refractivity contribution >= 4 is 22.0 Å². The molecule has 3 amide bonds. The molecule has 1 aliphatic rings. The second kappa shape index (κ2) is 11.3. The van der Waals surface area contributed by atoms with E-state index in [1.165, 1.54) is 13.1 Å². The summed E-state index contributed by atoms with van der Waals surface area (Å²) in [6.07, 6.45) is 8.73. The molecule has 1 aromatic carbocycles. The molecule has 0 heterocycles. The summed E-state index contributed by atoms with van der Waals surface area (Å²) in [6, 6.07) is 8.79. The normalized spacial score (nSPS) is 14.6. The molecule has 1 aromatic rings. The molecule has 1 unspecified atom stereocenters. The van der Waals surface area contributed by atoms with E-state index >= 15 is 0 Å². The number of likely N-dealkylation sites (N-methyl/N-ethyl adjacent to an activating group) is 1. The number of hydrogen-bond donors (Lipinski definition) is 3. The fourth-order valence-electron chi connectivity index (χ4n) is 2.69. The third-order valence-electron chi connectivity index (χ3n) is 4.34. The Balaban J connectivity index is 1.74. The van der Waals surface area contributed by atoms with E-state index in [9.17, 15) is 18.0 Å². The van der Waals surface area contributed by atoms with E-state index in [1.807, 2.05) is 30.3 Å². The Kier molecular flexibility index (Phi) is 8.82. The Morgan fingerprint density at radius 2 is 1.83 bits per heavy atom. The summed E-state index contributed by atoms with van der Waals surface area (Å²) in [4.78, 5) is 24.3. The van der Waals surface area contributed by atoms with E-state index in [-0.39, 0.29) is 36.5 Å². The first-order chi connectivity index (χ1) is 14.3. The van der Waals surface area contributed by atoms with Crippen molar-refractivity contribution in [2.45, 2.75) is 25.9 Å². The lowest BCUT2D eigenvalue weighted by Crippen LogP contribution is -2.47. The predicted molar refractivity (Wildman–Crippen MR) is 117 cm³/mol. The Morgan fingerprint density at radius 3 is 2.57 bits per heavy atom. The number of nitrogens with zero attached hydrogens (tertiary/aromatic N) is 1. The zero-order valence-electron chi connectivity index (χ0n) is 17.2. The number of rotatable bonds is 9. The third kappa shape index (κ3) is 7.49. The highest BCUT2D eigenvalue weighted by molar-refractivity contribution is 7.93. The first-order valence-corrected chi connectivity index (χ1v) is 11.1. The number of urea groups is 1. The molecular formula is C21H28N4O4S. The third-order valence-corrected chi connectivity index (χ3v) is 6.25. The number of carbonyl (C=O) groups excluding carboxylic acids is 2. The highest BCUT2D eigenvalue weighted by atomic mass is 32.2. The second-order valence-corrected chi connectivity index (χ2v) is 9.03. The van der Waals surface area contributed by atoms with Crippen molar-refractivity contribution in [1.82, 2.24) is 20.3 Å². The van der Waals surface area contributed by atoms with Crippen LogP contribution in [0.25, 0.3) is 0 Å². The largest absolute Gasteiger partial charge is 0.351 e. The summed E-state index contributed by atoms with van der Waals surface area (Å²) in [5, 5.41) is 8.11. The molecule has 0 aromatic heterocycles. The smallest absolute Gasteiger partial charge is 0.315 e.